The van der Waals surface area contributed by atoms with Crippen molar-refractivity contribution in [3.05, 3.63) is 18.5 Å². The fourth-order valence-electron chi connectivity index (χ4n) is 2.45. The lowest BCUT2D eigenvalue weighted by molar-refractivity contribution is -0.121. The second kappa shape index (κ2) is 6.42. The molecule has 0 atom stereocenters. The van der Waals surface area contributed by atoms with Crippen LogP contribution in [-0.2, 0) is 11.3 Å². The fourth-order valence-corrected chi connectivity index (χ4v) is 2.45. The van der Waals surface area contributed by atoms with Crippen molar-refractivity contribution in [2.75, 3.05) is 6.54 Å². The van der Waals surface area contributed by atoms with E-state index in [0.29, 0.717) is 5.92 Å². The first-order valence-electron chi connectivity index (χ1n) is 6.59. The van der Waals surface area contributed by atoms with Crippen LogP contribution in [0.3, 0.4) is 0 Å². The number of carbonyl (C=O) groups excluding carboxylic acids is 1. The van der Waals surface area contributed by atoms with Gasteiger partial charge in [-0.15, -0.1) is 0 Å². The van der Waals surface area contributed by atoms with Crippen LogP contribution in [-0.4, -0.2) is 22.2 Å². The molecular formula is C13H21N3O. The molecule has 1 heterocycles. The Morgan fingerprint density at radius 3 is 2.94 bits per heavy atom. The second-order valence-corrected chi connectivity index (χ2v) is 4.83. The monoisotopic (exact) mass is 235 g/mol. The molecule has 0 aliphatic heterocycles. The average Bonchev–Trinajstić information content (AvgIpc) is 2.96. The first kappa shape index (κ1) is 12.1. The highest BCUT2D eigenvalue weighted by atomic mass is 16.1. The molecule has 94 valence electrons. The van der Waals surface area contributed by atoms with Crippen molar-refractivity contribution in [2.45, 2.75) is 45.1 Å². The number of aryl methyl sites for hydroxylation is 1. The topological polar surface area (TPSA) is 46.9 Å². The van der Waals surface area contributed by atoms with E-state index in [1.54, 1.807) is 6.20 Å². The summed E-state index contributed by atoms with van der Waals surface area (Å²) in [5.41, 5.74) is 0. The minimum atomic E-state index is 0.220. The van der Waals surface area contributed by atoms with Gasteiger partial charge in [0.25, 0.3) is 0 Å². The van der Waals surface area contributed by atoms with E-state index in [0.717, 1.165) is 25.9 Å². The largest absolute Gasteiger partial charge is 0.356 e. The number of nitrogens with zero attached hydrogens (tertiary/aromatic N) is 2. The van der Waals surface area contributed by atoms with Crippen LogP contribution >= 0.6 is 0 Å². The first-order valence-corrected chi connectivity index (χ1v) is 6.59. The summed E-state index contributed by atoms with van der Waals surface area (Å²) in [6, 6.07) is 1.92. The molecule has 0 unspecified atom stereocenters. The lowest BCUT2D eigenvalue weighted by Gasteiger charge is -2.09. The number of hydrogen-bond acceptors (Lipinski definition) is 2. The number of aromatic nitrogens is 2. The molecule has 0 aromatic carbocycles. The summed E-state index contributed by atoms with van der Waals surface area (Å²) in [5.74, 6) is 0.860. The molecule has 0 spiro atoms. The third-order valence-corrected chi connectivity index (χ3v) is 3.39. The summed E-state index contributed by atoms with van der Waals surface area (Å²) < 4.78 is 1.89. The molecule has 0 bridgehead atoms. The van der Waals surface area contributed by atoms with Crippen molar-refractivity contribution in [3.63, 3.8) is 0 Å². The molecule has 1 aliphatic rings. The second-order valence-electron chi connectivity index (χ2n) is 4.83. The minimum Gasteiger partial charge on any atom is -0.356 e. The number of nitrogens with one attached hydrogen (secondary N) is 1. The zero-order valence-electron chi connectivity index (χ0n) is 10.3. The molecule has 1 saturated carbocycles. The molecule has 2 rings (SSSR count). The first-order chi connectivity index (χ1) is 8.34. The molecular weight excluding hydrogens is 214 g/mol. The van der Waals surface area contributed by atoms with Crippen molar-refractivity contribution < 1.29 is 4.79 Å². The van der Waals surface area contributed by atoms with E-state index in [1.165, 1.54) is 25.7 Å². The Morgan fingerprint density at radius 2 is 2.24 bits per heavy atom. The van der Waals surface area contributed by atoms with Crippen LogP contribution < -0.4 is 5.32 Å². The molecule has 0 radical (unpaired) electrons. The van der Waals surface area contributed by atoms with Crippen LogP contribution in [0.5, 0.6) is 0 Å². The van der Waals surface area contributed by atoms with Gasteiger partial charge in [-0.2, -0.15) is 5.10 Å². The van der Waals surface area contributed by atoms with Gasteiger partial charge in [0.2, 0.25) is 5.91 Å². The summed E-state index contributed by atoms with van der Waals surface area (Å²) in [4.78, 5) is 11.6. The van der Waals surface area contributed by atoms with Crippen LogP contribution in [0, 0.1) is 5.92 Å². The maximum Gasteiger partial charge on any atom is 0.220 e. The van der Waals surface area contributed by atoms with Crippen molar-refractivity contribution >= 4 is 5.91 Å². The van der Waals surface area contributed by atoms with Crippen LogP contribution in [0.15, 0.2) is 18.5 Å². The van der Waals surface area contributed by atoms with Gasteiger partial charge in [-0.3, -0.25) is 9.48 Å². The zero-order valence-corrected chi connectivity index (χ0v) is 10.3. The standard InChI is InChI=1S/C13H21N3O/c17-13(11-12-5-1-2-6-12)14-7-3-9-16-10-4-8-15-16/h4,8,10,12H,1-3,5-7,9,11H2,(H,14,17). The Hall–Kier alpha value is -1.32. The van der Waals surface area contributed by atoms with E-state index >= 15 is 0 Å². The normalized spacial score (nSPS) is 16.2. The van der Waals surface area contributed by atoms with Gasteiger partial charge in [-0.05, 0) is 31.2 Å². The quantitative estimate of drug-likeness (QED) is 0.766. The summed E-state index contributed by atoms with van der Waals surface area (Å²) in [7, 11) is 0. The number of amides is 1. The maximum absolute atomic E-state index is 11.6. The minimum absolute atomic E-state index is 0.220. The fraction of sp³-hybridized carbons (Fsp3) is 0.692. The van der Waals surface area contributed by atoms with Crippen LogP contribution in [0.25, 0.3) is 0 Å². The number of rotatable bonds is 6. The summed E-state index contributed by atoms with van der Waals surface area (Å²) in [6.45, 7) is 1.63. The van der Waals surface area contributed by atoms with Crippen molar-refractivity contribution in [1.29, 1.82) is 0 Å². The Kier molecular flexibility index (Phi) is 4.59. The highest BCUT2D eigenvalue weighted by Crippen LogP contribution is 2.27. The number of hydrogen-bond donors (Lipinski definition) is 1. The van der Waals surface area contributed by atoms with E-state index < -0.39 is 0 Å². The van der Waals surface area contributed by atoms with Crippen LogP contribution in [0.2, 0.25) is 0 Å². The van der Waals surface area contributed by atoms with Gasteiger partial charge < -0.3 is 5.32 Å². The Balaban J connectivity index is 1.53. The van der Waals surface area contributed by atoms with Gasteiger partial charge in [-0.25, -0.2) is 0 Å². The van der Waals surface area contributed by atoms with E-state index in [9.17, 15) is 4.79 Å². The van der Waals surface area contributed by atoms with Gasteiger partial charge >= 0.3 is 0 Å². The van der Waals surface area contributed by atoms with Gasteiger partial charge in [-0.1, -0.05) is 12.8 Å². The summed E-state index contributed by atoms with van der Waals surface area (Å²) in [5, 5.41) is 7.11. The smallest absolute Gasteiger partial charge is 0.220 e. The van der Waals surface area contributed by atoms with Crippen molar-refractivity contribution in [1.82, 2.24) is 15.1 Å². The van der Waals surface area contributed by atoms with Crippen LogP contribution in [0.1, 0.15) is 38.5 Å². The molecule has 1 aromatic rings. The predicted octanol–water partition coefficient (Wildman–Crippen LogP) is 1.97. The molecule has 0 saturated heterocycles. The Labute approximate surface area is 102 Å². The molecule has 1 amide bonds. The summed E-state index contributed by atoms with van der Waals surface area (Å²) >= 11 is 0. The lowest BCUT2D eigenvalue weighted by Crippen LogP contribution is -2.26. The Bertz CT molecular complexity index is 328. The third-order valence-electron chi connectivity index (χ3n) is 3.39. The van der Waals surface area contributed by atoms with E-state index in [1.807, 2.05) is 16.9 Å². The highest BCUT2D eigenvalue weighted by Gasteiger charge is 2.17. The van der Waals surface area contributed by atoms with Gasteiger partial charge in [0.15, 0.2) is 0 Å². The Morgan fingerprint density at radius 1 is 1.41 bits per heavy atom. The van der Waals surface area contributed by atoms with Crippen LogP contribution in [0.4, 0.5) is 0 Å². The molecule has 17 heavy (non-hydrogen) atoms. The molecule has 1 fully saturated rings. The zero-order chi connectivity index (χ0) is 11.9. The van der Waals surface area contributed by atoms with E-state index in [-0.39, 0.29) is 5.91 Å². The molecule has 1 N–H and O–H groups in total. The third kappa shape index (κ3) is 4.21. The SMILES string of the molecule is O=C(CC1CCCC1)NCCCn1cccn1. The van der Waals surface area contributed by atoms with Crippen molar-refractivity contribution in [3.8, 4) is 0 Å². The van der Waals surface area contributed by atoms with Gasteiger partial charge in [0.1, 0.15) is 0 Å². The number of carbonyl (C=O) groups is 1. The van der Waals surface area contributed by atoms with E-state index in [2.05, 4.69) is 10.4 Å². The van der Waals surface area contributed by atoms with Gasteiger partial charge in [0, 0.05) is 31.9 Å². The highest BCUT2D eigenvalue weighted by molar-refractivity contribution is 5.76. The molecule has 4 nitrogen and oxygen atoms in total. The molecule has 4 heteroatoms. The van der Waals surface area contributed by atoms with E-state index in [4.69, 9.17) is 0 Å². The van der Waals surface area contributed by atoms with Gasteiger partial charge in [0.05, 0.1) is 0 Å². The summed E-state index contributed by atoms with van der Waals surface area (Å²) in [6.07, 6.45) is 10.5. The maximum atomic E-state index is 11.6. The predicted molar refractivity (Wildman–Crippen MR) is 66.4 cm³/mol. The lowest BCUT2D eigenvalue weighted by atomic mass is 10.0. The molecule has 1 aliphatic carbocycles. The molecule has 1 aromatic heterocycles. The average molecular weight is 235 g/mol. The van der Waals surface area contributed by atoms with Crippen molar-refractivity contribution in [2.24, 2.45) is 5.92 Å².